The fourth-order valence-electron chi connectivity index (χ4n) is 0.722. The van der Waals surface area contributed by atoms with Crippen LogP contribution in [-0.2, 0) is 16.1 Å². The molecule has 66 valence electrons. The topological polar surface area (TPSA) is 75.6 Å². The van der Waals surface area contributed by atoms with Crippen molar-refractivity contribution in [3.8, 4) is 0 Å². The molecule has 0 saturated carbocycles. The van der Waals surface area contributed by atoms with Gasteiger partial charge in [0.05, 0.1) is 0 Å². The van der Waals surface area contributed by atoms with Gasteiger partial charge in [-0.25, -0.2) is 4.79 Å². The maximum atomic E-state index is 10.7. The van der Waals surface area contributed by atoms with Gasteiger partial charge >= 0.3 is 12.2 Å². The molecule has 1 heterocycles. The van der Waals surface area contributed by atoms with Gasteiger partial charge in [0.1, 0.15) is 6.61 Å². The van der Waals surface area contributed by atoms with E-state index < -0.39 is 5.97 Å². The second-order valence-electron chi connectivity index (χ2n) is 2.21. The molecule has 0 spiro atoms. The molecular formula is C8H7N3O2. The molecule has 0 saturated heterocycles. The van der Waals surface area contributed by atoms with E-state index in [1.54, 1.807) is 24.5 Å². The molecule has 0 aromatic carbocycles. The van der Waals surface area contributed by atoms with Crippen LogP contribution < -0.4 is 0 Å². The molecule has 1 aromatic heterocycles. The van der Waals surface area contributed by atoms with Gasteiger partial charge in [-0.15, -0.1) is 0 Å². The lowest BCUT2D eigenvalue weighted by Crippen LogP contribution is -2.05. The zero-order valence-electron chi connectivity index (χ0n) is 6.75. The summed E-state index contributed by atoms with van der Waals surface area (Å²) >= 11 is 0. The monoisotopic (exact) mass is 177 g/mol. The molecular weight excluding hydrogens is 170 g/mol. The van der Waals surface area contributed by atoms with E-state index in [4.69, 9.17) is 5.53 Å². The van der Waals surface area contributed by atoms with Gasteiger partial charge in [0.15, 0.2) is 0 Å². The van der Waals surface area contributed by atoms with E-state index in [2.05, 4.69) is 14.5 Å². The first-order chi connectivity index (χ1) is 6.33. The largest absolute Gasteiger partial charge is 0.452 e. The molecule has 13 heavy (non-hydrogen) atoms. The highest BCUT2D eigenvalue weighted by Gasteiger charge is 2.02. The van der Waals surface area contributed by atoms with Crippen LogP contribution in [0.4, 0.5) is 0 Å². The first kappa shape index (κ1) is 9.09. The fourth-order valence-corrected chi connectivity index (χ4v) is 0.722. The highest BCUT2D eigenvalue weighted by atomic mass is 16.5. The van der Waals surface area contributed by atoms with Gasteiger partial charge < -0.3 is 10.3 Å². The van der Waals surface area contributed by atoms with Gasteiger partial charge in [-0.05, 0) is 6.07 Å². The Kier molecular flexibility index (Phi) is 3.35. The van der Waals surface area contributed by atoms with Gasteiger partial charge in [-0.2, -0.15) is 4.79 Å². The summed E-state index contributed by atoms with van der Waals surface area (Å²) in [6.07, 6.45) is 3.90. The standard InChI is InChI=1S/C8H7N3O2/c9-11-5-8(12)13-6-7-2-1-3-10-4-7/h1-5H,6H2. The average molecular weight is 177 g/mol. The van der Waals surface area contributed by atoms with Crippen molar-refractivity contribution in [2.45, 2.75) is 6.61 Å². The SMILES string of the molecule is [N-]=[N+]=CC(=O)OCc1cccnc1. The minimum atomic E-state index is -0.689. The van der Waals surface area contributed by atoms with Gasteiger partial charge in [0.2, 0.25) is 0 Å². The molecule has 1 rings (SSSR count). The molecule has 1 aromatic rings. The third kappa shape index (κ3) is 3.27. The lowest BCUT2D eigenvalue weighted by Gasteiger charge is -1.97. The molecule has 0 aliphatic rings. The molecule has 0 unspecified atom stereocenters. The number of ether oxygens (including phenoxy) is 1. The molecule has 0 N–H and O–H groups in total. The van der Waals surface area contributed by atoms with E-state index in [0.717, 1.165) is 5.56 Å². The minimum absolute atomic E-state index is 0.124. The molecule has 0 bridgehead atoms. The number of carbonyl (C=O) groups is 1. The summed E-state index contributed by atoms with van der Waals surface area (Å²) in [4.78, 5) is 17.0. The summed E-state index contributed by atoms with van der Waals surface area (Å²) in [5.41, 5.74) is 8.77. The summed E-state index contributed by atoms with van der Waals surface area (Å²) in [7, 11) is 0. The van der Waals surface area contributed by atoms with Crippen molar-refractivity contribution in [3.05, 3.63) is 35.6 Å². The Balaban J connectivity index is 2.44. The highest BCUT2D eigenvalue weighted by molar-refractivity contribution is 6.20. The van der Waals surface area contributed by atoms with Crippen molar-refractivity contribution in [1.29, 1.82) is 0 Å². The Labute approximate surface area is 74.6 Å². The normalized spacial score (nSPS) is 8.62. The number of carbonyl (C=O) groups excluding carboxylic acids is 1. The lowest BCUT2D eigenvalue weighted by atomic mass is 10.3. The number of nitrogens with zero attached hydrogens (tertiary/aromatic N) is 3. The first-order valence-corrected chi connectivity index (χ1v) is 3.56. The maximum Gasteiger partial charge on any atom is 0.413 e. The van der Waals surface area contributed by atoms with E-state index in [1.807, 2.05) is 0 Å². The van der Waals surface area contributed by atoms with Crippen LogP contribution in [0.25, 0.3) is 5.53 Å². The van der Waals surface area contributed by atoms with Crippen LogP contribution in [0.3, 0.4) is 0 Å². The number of hydrogen-bond donors (Lipinski definition) is 0. The maximum absolute atomic E-state index is 10.7. The van der Waals surface area contributed by atoms with Crippen LogP contribution in [0.5, 0.6) is 0 Å². The van der Waals surface area contributed by atoms with Crippen molar-refractivity contribution >= 4 is 12.2 Å². The third-order valence-corrected chi connectivity index (χ3v) is 1.27. The predicted octanol–water partition coefficient (Wildman–Crippen LogP) is 0.425. The molecule has 5 nitrogen and oxygen atoms in total. The Morgan fingerprint density at radius 2 is 2.62 bits per heavy atom. The lowest BCUT2D eigenvalue weighted by molar-refractivity contribution is -0.140. The van der Waals surface area contributed by atoms with E-state index in [-0.39, 0.29) is 6.61 Å². The van der Waals surface area contributed by atoms with E-state index in [9.17, 15) is 4.79 Å². The smallest absolute Gasteiger partial charge is 0.413 e. The van der Waals surface area contributed by atoms with Gasteiger partial charge in [0, 0.05) is 18.0 Å². The third-order valence-electron chi connectivity index (χ3n) is 1.27. The number of aromatic nitrogens is 1. The minimum Gasteiger partial charge on any atom is -0.452 e. The first-order valence-electron chi connectivity index (χ1n) is 3.56. The van der Waals surface area contributed by atoms with E-state index in [0.29, 0.717) is 6.21 Å². The molecule has 0 aliphatic heterocycles. The summed E-state index contributed by atoms with van der Waals surface area (Å²) in [6.45, 7) is 0.124. The van der Waals surface area contributed by atoms with Crippen molar-refractivity contribution in [3.63, 3.8) is 0 Å². The van der Waals surface area contributed by atoms with E-state index >= 15 is 0 Å². The van der Waals surface area contributed by atoms with Crippen molar-refractivity contribution in [2.75, 3.05) is 0 Å². The Hall–Kier alpha value is -2.00. The predicted molar refractivity (Wildman–Crippen MR) is 43.7 cm³/mol. The number of pyridine rings is 1. The summed E-state index contributed by atoms with van der Waals surface area (Å²) in [5.74, 6) is -0.689. The second-order valence-corrected chi connectivity index (χ2v) is 2.21. The van der Waals surface area contributed by atoms with Crippen molar-refractivity contribution < 1.29 is 14.3 Å². The number of esters is 1. The molecule has 0 fully saturated rings. The number of hydrogen-bond acceptors (Lipinski definition) is 3. The number of rotatable bonds is 3. The zero-order valence-corrected chi connectivity index (χ0v) is 6.75. The van der Waals surface area contributed by atoms with Crippen LogP contribution in [0, 0.1) is 0 Å². The second kappa shape index (κ2) is 4.79. The summed E-state index contributed by atoms with van der Waals surface area (Å²) in [6, 6.07) is 3.51. The van der Waals surface area contributed by atoms with Crippen molar-refractivity contribution in [1.82, 2.24) is 4.98 Å². The Bertz CT molecular complexity index is 331. The van der Waals surface area contributed by atoms with Gasteiger partial charge in [0.25, 0.3) is 0 Å². The Morgan fingerprint density at radius 1 is 1.77 bits per heavy atom. The van der Waals surface area contributed by atoms with Crippen LogP contribution in [0.2, 0.25) is 0 Å². The van der Waals surface area contributed by atoms with Crippen LogP contribution in [0.15, 0.2) is 24.5 Å². The summed E-state index contributed by atoms with van der Waals surface area (Å²) in [5, 5.41) is 0. The van der Waals surface area contributed by atoms with Gasteiger partial charge in [-0.1, -0.05) is 6.07 Å². The van der Waals surface area contributed by atoms with E-state index in [1.165, 1.54) is 0 Å². The molecule has 5 heteroatoms. The van der Waals surface area contributed by atoms with Crippen LogP contribution in [-0.4, -0.2) is 22.0 Å². The summed E-state index contributed by atoms with van der Waals surface area (Å²) < 4.78 is 4.68. The molecule has 0 atom stereocenters. The molecule has 0 amide bonds. The quantitative estimate of drug-likeness (QED) is 0.290. The Morgan fingerprint density at radius 3 is 3.23 bits per heavy atom. The highest BCUT2D eigenvalue weighted by Crippen LogP contribution is 1.97. The fraction of sp³-hybridized carbons (Fsp3) is 0.125. The molecule has 0 aliphatic carbocycles. The zero-order chi connectivity index (χ0) is 9.52. The molecule has 0 radical (unpaired) electrons. The van der Waals surface area contributed by atoms with Crippen molar-refractivity contribution in [2.24, 2.45) is 0 Å². The van der Waals surface area contributed by atoms with Crippen LogP contribution in [0.1, 0.15) is 5.56 Å². The van der Waals surface area contributed by atoms with Gasteiger partial charge in [-0.3, -0.25) is 4.98 Å². The average Bonchev–Trinajstić information content (AvgIpc) is 2.17. The van der Waals surface area contributed by atoms with Crippen LogP contribution >= 0.6 is 0 Å².